The summed E-state index contributed by atoms with van der Waals surface area (Å²) in [4.78, 5) is 12.1. The van der Waals surface area contributed by atoms with E-state index in [2.05, 4.69) is 5.32 Å². The van der Waals surface area contributed by atoms with Gasteiger partial charge in [0.05, 0.1) is 31.5 Å². The Hall–Kier alpha value is -1.20. The zero-order chi connectivity index (χ0) is 15.7. The van der Waals surface area contributed by atoms with Crippen LogP contribution in [0.5, 0.6) is 0 Å². The highest BCUT2D eigenvalue weighted by molar-refractivity contribution is 6.41. The molecule has 0 unspecified atom stereocenters. The zero-order valence-corrected chi connectivity index (χ0v) is 13.2. The number of nitrogens with two attached hydrogens (primary N) is 1. The van der Waals surface area contributed by atoms with Crippen LogP contribution < -0.4 is 11.1 Å². The second kappa shape index (κ2) is 6.28. The molecule has 0 atom stereocenters. The Balaban J connectivity index is 2.35. The Morgan fingerprint density at radius 1 is 0.952 bits per heavy atom. The van der Waals surface area contributed by atoms with Crippen LogP contribution in [0.2, 0.25) is 20.1 Å². The van der Waals surface area contributed by atoms with Crippen molar-refractivity contribution in [3.8, 4) is 0 Å². The first-order chi connectivity index (χ1) is 9.79. The van der Waals surface area contributed by atoms with Crippen LogP contribution in [0.15, 0.2) is 24.3 Å². The van der Waals surface area contributed by atoms with Gasteiger partial charge in [-0.2, -0.15) is 0 Å². The third kappa shape index (κ3) is 3.52. The minimum Gasteiger partial charge on any atom is -0.396 e. The third-order valence-corrected chi connectivity index (χ3v) is 3.81. The molecule has 2 aromatic rings. The second-order valence-corrected chi connectivity index (χ2v) is 5.68. The Morgan fingerprint density at radius 2 is 1.43 bits per heavy atom. The van der Waals surface area contributed by atoms with Crippen molar-refractivity contribution in [1.29, 1.82) is 0 Å². The molecule has 0 spiro atoms. The van der Waals surface area contributed by atoms with E-state index in [-0.39, 0.29) is 37.0 Å². The number of carbonyl (C=O) groups is 1. The fourth-order valence-corrected chi connectivity index (χ4v) is 2.60. The van der Waals surface area contributed by atoms with Gasteiger partial charge in [-0.05, 0) is 24.3 Å². The minimum atomic E-state index is -0.610. The van der Waals surface area contributed by atoms with E-state index in [1.165, 1.54) is 12.1 Å². The van der Waals surface area contributed by atoms with Gasteiger partial charge in [-0.3, -0.25) is 4.79 Å². The highest BCUT2D eigenvalue weighted by atomic mass is 35.5. The van der Waals surface area contributed by atoms with Crippen molar-refractivity contribution in [2.45, 2.75) is 0 Å². The van der Waals surface area contributed by atoms with E-state index in [1.807, 2.05) is 0 Å². The molecule has 21 heavy (non-hydrogen) atoms. The second-order valence-electron chi connectivity index (χ2n) is 4.05. The van der Waals surface area contributed by atoms with Gasteiger partial charge < -0.3 is 11.1 Å². The number of carbonyl (C=O) groups excluding carboxylic acids is 1. The van der Waals surface area contributed by atoms with Crippen molar-refractivity contribution in [2.75, 3.05) is 11.1 Å². The molecule has 0 saturated carbocycles. The summed E-state index contributed by atoms with van der Waals surface area (Å²) in [6.07, 6.45) is 0. The largest absolute Gasteiger partial charge is 0.396 e. The van der Waals surface area contributed by atoms with E-state index in [0.29, 0.717) is 0 Å². The van der Waals surface area contributed by atoms with Gasteiger partial charge in [0.1, 0.15) is 5.82 Å². The van der Waals surface area contributed by atoms with Crippen LogP contribution >= 0.6 is 46.4 Å². The lowest BCUT2D eigenvalue weighted by Gasteiger charge is -2.11. The molecule has 0 bridgehead atoms. The SMILES string of the molecule is Nc1c(Cl)cc(C(=O)Nc2c(Cl)cc(F)cc2Cl)cc1Cl. The molecule has 0 fully saturated rings. The summed E-state index contributed by atoms with van der Waals surface area (Å²) >= 11 is 23.4. The number of anilines is 2. The number of rotatable bonds is 2. The van der Waals surface area contributed by atoms with E-state index in [0.717, 1.165) is 12.1 Å². The molecule has 2 rings (SSSR count). The maximum Gasteiger partial charge on any atom is 0.255 e. The van der Waals surface area contributed by atoms with Gasteiger partial charge in [0.25, 0.3) is 5.91 Å². The standard InChI is InChI=1S/C13H7Cl4FN2O/c14-7-1-5(2-8(15)11(7)19)13(21)20-12-9(16)3-6(18)4-10(12)17/h1-4H,19H2,(H,20,21). The summed E-state index contributed by atoms with van der Waals surface area (Å²) in [5.41, 5.74) is 6.02. The van der Waals surface area contributed by atoms with Crippen LogP contribution in [0, 0.1) is 5.82 Å². The van der Waals surface area contributed by atoms with Crippen molar-refractivity contribution in [3.05, 3.63) is 55.7 Å². The summed E-state index contributed by atoms with van der Waals surface area (Å²) in [7, 11) is 0. The van der Waals surface area contributed by atoms with Crippen LogP contribution in [0.3, 0.4) is 0 Å². The quantitative estimate of drug-likeness (QED) is 0.710. The van der Waals surface area contributed by atoms with Crippen molar-refractivity contribution >= 4 is 63.7 Å². The average molecular weight is 368 g/mol. The van der Waals surface area contributed by atoms with Crippen molar-refractivity contribution < 1.29 is 9.18 Å². The van der Waals surface area contributed by atoms with Crippen LogP contribution in [-0.4, -0.2) is 5.91 Å². The van der Waals surface area contributed by atoms with Gasteiger partial charge in [-0.15, -0.1) is 0 Å². The van der Waals surface area contributed by atoms with Crippen LogP contribution in [-0.2, 0) is 0 Å². The molecule has 8 heteroatoms. The number of nitrogens with one attached hydrogen (secondary N) is 1. The molecule has 2 aromatic carbocycles. The first-order valence-electron chi connectivity index (χ1n) is 5.50. The van der Waals surface area contributed by atoms with E-state index in [9.17, 15) is 9.18 Å². The summed E-state index contributed by atoms with van der Waals surface area (Å²) in [6, 6.07) is 4.77. The summed E-state index contributed by atoms with van der Waals surface area (Å²) in [6.45, 7) is 0. The van der Waals surface area contributed by atoms with Crippen LogP contribution in [0.25, 0.3) is 0 Å². The molecule has 0 aliphatic rings. The molecule has 3 N–H and O–H groups in total. The van der Waals surface area contributed by atoms with Gasteiger partial charge in [0.15, 0.2) is 0 Å². The Morgan fingerprint density at radius 3 is 1.90 bits per heavy atom. The van der Waals surface area contributed by atoms with Gasteiger partial charge in [0.2, 0.25) is 0 Å². The predicted molar refractivity (Wildman–Crippen MR) is 85.2 cm³/mol. The van der Waals surface area contributed by atoms with E-state index in [1.54, 1.807) is 0 Å². The molecule has 0 aliphatic heterocycles. The smallest absolute Gasteiger partial charge is 0.255 e. The number of amides is 1. The molecule has 3 nitrogen and oxygen atoms in total. The normalized spacial score (nSPS) is 10.5. The van der Waals surface area contributed by atoms with E-state index in [4.69, 9.17) is 52.1 Å². The summed E-state index contributed by atoms with van der Waals surface area (Å²) in [5.74, 6) is -1.17. The maximum absolute atomic E-state index is 13.1. The highest BCUT2D eigenvalue weighted by Gasteiger charge is 2.15. The van der Waals surface area contributed by atoms with Gasteiger partial charge in [-0.1, -0.05) is 46.4 Å². The predicted octanol–water partition coefficient (Wildman–Crippen LogP) is 5.27. The lowest BCUT2D eigenvalue weighted by molar-refractivity contribution is 0.102. The Kier molecular flexibility index (Phi) is 4.84. The maximum atomic E-state index is 13.1. The van der Waals surface area contributed by atoms with Crippen molar-refractivity contribution in [1.82, 2.24) is 0 Å². The number of benzene rings is 2. The Bertz CT molecular complexity index is 690. The molecular formula is C13H7Cl4FN2O. The topological polar surface area (TPSA) is 55.1 Å². The molecule has 0 aromatic heterocycles. The minimum absolute atomic E-state index is 0.0269. The zero-order valence-electron chi connectivity index (χ0n) is 10.2. The fourth-order valence-electron chi connectivity index (χ4n) is 1.56. The molecule has 0 heterocycles. The third-order valence-electron chi connectivity index (χ3n) is 2.59. The van der Waals surface area contributed by atoms with Crippen LogP contribution in [0.1, 0.15) is 10.4 Å². The lowest BCUT2D eigenvalue weighted by Crippen LogP contribution is -2.13. The van der Waals surface area contributed by atoms with Gasteiger partial charge >= 0.3 is 0 Å². The molecule has 0 saturated heterocycles. The molecule has 0 aliphatic carbocycles. The average Bonchev–Trinajstić information content (AvgIpc) is 2.39. The number of nitrogen functional groups attached to an aromatic ring is 1. The first-order valence-corrected chi connectivity index (χ1v) is 7.01. The van der Waals surface area contributed by atoms with Crippen molar-refractivity contribution in [3.63, 3.8) is 0 Å². The van der Waals surface area contributed by atoms with Crippen LogP contribution in [0.4, 0.5) is 15.8 Å². The molecule has 0 radical (unpaired) electrons. The molecular weight excluding hydrogens is 361 g/mol. The van der Waals surface area contributed by atoms with Gasteiger partial charge in [0, 0.05) is 5.56 Å². The number of halogens is 5. The molecule has 110 valence electrons. The Labute approximate surface area is 139 Å². The number of hydrogen-bond acceptors (Lipinski definition) is 2. The first kappa shape index (κ1) is 16.2. The van der Waals surface area contributed by atoms with E-state index >= 15 is 0 Å². The van der Waals surface area contributed by atoms with Crippen molar-refractivity contribution in [2.24, 2.45) is 0 Å². The monoisotopic (exact) mass is 366 g/mol. The summed E-state index contributed by atoms with van der Waals surface area (Å²) < 4.78 is 13.1. The highest BCUT2D eigenvalue weighted by Crippen LogP contribution is 2.33. The summed E-state index contributed by atoms with van der Waals surface area (Å²) in [5, 5.41) is 2.70. The van der Waals surface area contributed by atoms with E-state index < -0.39 is 11.7 Å². The number of hydrogen-bond donors (Lipinski definition) is 2. The van der Waals surface area contributed by atoms with Gasteiger partial charge in [-0.25, -0.2) is 4.39 Å². The molecule has 1 amide bonds. The lowest BCUT2D eigenvalue weighted by atomic mass is 10.2. The fraction of sp³-hybridized carbons (Fsp3) is 0.